The molecule has 1 aliphatic heterocycles. The lowest BCUT2D eigenvalue weighted by molar-refractivity contribution is -0.384. The lowest BCUT2D eigenvalue weighted by Gasteiger charge is -2.30. The summed E-state index contributed by atoms with van der Waals surface area (Å²) in [6.07, 6.45) is 3.09. The van der Waals surface area contributed by atoms with E-state index in [9.17, 15) is 19.7 Å². The highest BCUT2D eigenvalue weighted by Crippen LogP contribution is 2.28. The second kappa shape index (κ2) is 8.71. The van der Waals surface area contributed by atoms with Gasteiger partial charge >= 0.3 is 0 Å². The molecule has 0 aliphatic carbocycles. The second-order valence-corrected chi connectivity index (χ2v) is 6.86. The number of hydrazine groups is 1. The highest BCUT2D eigenvalue weighted by molar-refractivity contribution is 6.31. The Morgan fingerprint density at radius 2 is 1.71 bits per heavy atom. The standard InChI is InChI=1S/C19H19ClN4O4/c20-14-6-4-5-13(11-14)18(25)21-22-19(26)16-12-15(24(27)28)7-8-17(16)23-9-2-1-3-10-23/h4-8,11-12H,1-3,9-10H2,(H,21,25)(H,22,26). The summed E-state index contributed by atoms with van der Waals surface area (Å²) in [6, 6.07) is 10.5. The molecular formula is C19H19ClN4O4. The van der Waals surface area contributed by atoms with E-state index in [-0.39, 0.29) is 16.8 Å². The number of nitro groups is 1. The van der Waals surface area contributed by atoms with Crippen LogP contribution in [0.5, 0.6) is 0 Å². The average Bonchev–Trinajstić information content (AvgIpc) is 2.72. The van der Waals surface area contributed by atoms with Crippen LogP contribution in [0.1, 0.15) is 40.0 Å². The van der Waals surface area contributed by atoms with Crippen molar-refractivity contribution in [1.82, 2.24) is 10.9 Å². The topological polar surface area (TPSA) is 105 Å². The van der Waals surface area contributed by atoms with Gasteiger partial charge in [-0.3, -0.25) is 30.6 Å². The van der Waals surface area contributed by atoms with Crippen molar-refractivity contribution in [3.05, 3.63) is 68.7 Å². The Hall–Kier alpha value is -3.13. The van der Waals surface area contributed by atoms with E-state index in [0.29, 0.717) is 10.7 Å². The van der Waals surface area contributed by atoms with E-state index in [1.165, 1.54) is 18.2 Å². The number of amides is 2. The highest BCUT2D eigenvalue weighted by atomic mass is 35.5. The molecule has 146 valence electrons. The molecule has 1 aliphatic rings. The van der Waals surface area contributed by atoms with E-state index in [1.807, 2.05) is 4.90 Å². The smallest absolute Gasteiger partial charge is 0.272 e. The van der Waals surface area contributed by atoms with E-state index in [2.05, 4.69) is 10.9 Å². The van der Waals surface area contributed by atoms with Gasteiger partial charge in [-0.25, -0.2) is 0 Å². The first kappa shape index (κ1) is 19.6. The number of carbonyl (C=O) groups is 2. The molecule has 1 saturated heterocycles. The normalized spacial score (nSPS) is 13.7. The lowest BCUT2D eigenvalue weighted by Crippen LogP contribution is -2.42. The molecule has 8 nitrogen and oxygen atoms in total. The minimum atomic E-state index is -0.625. The van der Waals surface area contributed by atoms with Crippen molar-refractivity contribution < 1.29 is 14.5 Å². The van der Waals surface area contributed by atoms with E-state index in [1.54, 1.807) is 24.3 Å². The summed E-state index contributed by atoms with van der Waals surface area (Å²) in [5.41, 5.74) is 5.49. The maximum atomic E-state index is 12.7. The zero-order valence-electron chi connectivity index (χ0n) is 15.0. The van der Waals surface area contributed by atoms with Crippen LogP contribution in [-0.2, 0) is 0 Å². The van der Waals surface area contributed by atoms with Gasteiger partial charge in [-0.05, 0) is 43.5 Å². The van der Waals surface area contributed by atoms with Gasteiger partial charge in [0.05, 0.1) is 16.2 Å². The number of anilines is 1. The van der Waals surface area contributed by atoms with Crippen LogP contribution in [0.4, 0.5) is 11.4 Å². The number of nitro benzene ring substituents is 1. The Labute approximate surface area is 166 Å². The van der Waals surface area contributed by atoms with Crippen molar-refractivity contribution >= 4 is 34.8 Å². The largest absolute Gasteiger partial charge is 0.371 e. The van der Waals surface area contributed by atoms with E-state index < -0.39 is 16.7 Å². The van der Waals surface area contributed by atoms with Crippen LogP contribution in [0.3, 0.4) is 0 Å². The van der Waals surface area contributed by atoms with E-state index in [4.69, 9.17) is 11.6 Å². The van der Waals surface area contributed by atoms with Crippen LogP contribution >= 0.6 is 11.6 Å². The van der Waals surface area contributed by atoms with Gasteiger partial charge < -0.3 is 4.90 Å². The van der Waals surface area contributed by atoms with Crippen LogP contribution in [0.15, 0.2) is 42.5 Å². The molecular weight excluding hydrogens is 384 g/mol. The molecule has 0 spiro atoms. The molecule has 1 fully saturated rings. The first-order chi connectivity index (χ1) is 13.5. The van der Waals surface area contributed by atoms with Crippen LogP contribution in [0.25, 0.3) is 0 Å². The quantitative estimate of drug-likeness (QED) is 0.603. The number of nitrogens with zero attached hydrogens (tertiary/aromatic N) is 2. The molecule has 0 aromatic heterocycles. The van der Waals surface area contributed by atoms with Crippen molar-refractivity contribution in [3.8, 4) is 0 Å². The van der Waals surface area contributed by atoms with E-state index >= 15 is 0 Å². The third-order valence-corrected chi connectivity index (χ3v) is 4.74. The van der Waals surface area contributed by atoms with Crippen molar-refractivity contribution in [2.75, 3.05) is 18.0 Å². The maximum Gasteiger partial charge on any atom is 0.272 e. The zero-order chi connectivity index (χ0) is 20.1. The summed E-state index contributed by atoms with van der Waals surface area (Å²) < 4.78 is 0. The molecule has 28 heavy (non-hydrogen) atoms. The fourth-order valence-electron chi connectivity index (χ4n) is 3.11. The minimum absolute atomic E-state index is 0.141. The van der Waals surface area contributed by atoms with Gasteiger partial charge in [0.1, 0.15) is 0 Å². The third-order valence-electron chi connectivity index (χ3n) is 4.51. The van der Waals surface area contributed by atoms with Gasteiger partial charge in [0, 0.05) is 35.8 Å². The third kappa shape index (κ3) is 4.58. The van der Waals surface area contributed by atoms with Crippen LogP contribution in [-0.4, -0.2) is 29.8 Å². The monoisotopic (exact) mass is 402 g/mol. The number of carbonyl (C=O) groups excluding carboxylic acids is 2. The number of nitrogens with one attached hydrogen (secondary N) is 2. The molecule has 0 saturated carbocycles. The molecule has 2 aromatic carbocycles. The molecule has 3 rings (SSSR count). The van der Waals surface area contributed by atoms with Crippen molar-refractivity contribution in [2.45, 2.75) is 19.3 Å². The SMILES string of the molecule is O=C(NNC(=O)c1cc([N+](=O)[O-])ccc1N1CCCCC1)c1cccc(Cl)c1. The van der Waals surface area contributed by atoms with Crippen molar-refractivity contribution in [1.29, 1.82) is 0 Å². The average molecular weight is 403 g/mol. The second-order valence-electron chi connectivity index (χ2n) is 6.42. The van der Waals surface area contributed by atoms with Crippen molar-refractivity contribution in [2.24, 2.45) is 0 Å². The number of rotatable bonds is 4. The van der Waals surface area contributed by atoms with Crippen molar-refractivity contribution in [3.63, 3.8) is 0 Å². The van der Waals surface area contributed by atoms with Gasteiger partial charge in [-0.1, -0.05) is 17.7 Å². The first-order valence-corrected chi connectivity index (χ1v) is 9.23. The summed E-state index contributed by atoms with van der Waals surface area (Å²) in [7, 11) is 0. The van der Waals surface area contributed by atoms with Gasteiger partial charge in [-0.2, -0.15) is 0 Å². The zero-order valence-corrected chi connectivity index (χ0v) is 15.7. The molecule has 0 bridgehead atoms. The Kier molecular flexibility index (Phi) is 6.10. The molecule has 1 heterocycles. The Bertz CT molecular complexity index is 913. The number of hydrogen-bond acceptors (Lipinski definition) is 5. The van der Waals surface area contributed by atoms with Gasteiger partial charge in [-0.15, -0.1) is 0 Å². The minimum Gasteiger partial charge on any atom is -0.371 e. The maximum absolute atomic E-state index is 12.7. The molecule has 9 heteroatoms. The number of halogens is 1. The summed E-state index contributed by atoms with van der Waals surface area (Å²) in [6.45, 7) is 1.54. The fraction of sp³-hybridized carbons (Fsp3) is 0.263. The van der Waals surface area contributed by atoms with Gasteiger partial charge in [0.15, 0.2) is 0 Å². The highest BCUT2D eigenvalue weighted by Gasteiger charge is 2.22. The molecule has 2 amide bonds. The summed E-state index contributed by atoms with van der Waals surface area (Å²) in [5, 5.41) is 11.5. The predicted molar refractivity (Wildman–Crippen MR) is 106 cm³/mol. The molecule has 2 N–H and O–H groups in total. The summed E-state index contributed by atoms with van der Waals surface area (Å²) in [4.78, 5) is 37.5. The van der Waals surface area contributed by atoms with Gasteiger partial charge in [0.25, 0.3) is 17.5 Å². The molecule has 0 unspecified atom stereocenters. The summed E-state index contributed by atoms with van der Waals surface area (Å²) in [5.74, 6) is -1.17. The van der Waals surface area contributed by atoms with Gasteiger partial charge in [0.2, 0.25) is 0 Å². The summed E-state index contributed by atoms with van der Waals surface area (Å²) >= 11 is 5.86. The Balaban J connectivity index is 1.79. The Morgan fingerprint density at radius 1 is 1.00 bits per heavy atom. The molecule has 0 radical (unpaired) electrons. The lowest BCUT2D eigenvalue weighted by atomic mass is 10.1. The predicted octanol–water partition coefficient (Wildman–Crippen LogP) is 3.31. The number of hydrogen-bond donors (Lipinski definition) is 2. The van der Waals surface area contributed by atoms with Crippen LogP contribution in [0.2, 0.25) is 5.02 Å². The first-order valence-electron chi connectivity index (χ1n) is 8.85. The number of piperidine rings is 1. The molecule has 0 atom stereocenters. The molecule has 2 aromatic rings. The van der Waals surface area contributed by atoms with E-state index in [0.717, 1.165) is 32.4 Å². The number of non-ortho nitro benzene ring substituents is 1. The fourth-order valence-corrected chi connectivity index (χ4v) is 3.30. The Morgan fingerprint density at radius 3 is 2.39 bits per heavy atom. The number of benzene rings is 2. The van der Waals surface area contributed by atoms with Crippen LogP contribution in [0, 0.1) is 10.1 Å². The van der Waals surface area contributed by atoms with Crippen LogP contribution < -0.4 is 15.8 Å².